The van der Waals surface area contributed by atoms with Crippen molar-refractivity contribution < 1.29 is 35.2 Å². The van der Waals surface area contributed by atoms with Crippen LogP contribution in [0.5, 0.6) is 0 Å². The summed E-state index contributed by atoms with van der Waals surface area (Å²) >= 11 is 5.82. The Morgan fingerprint density at radius 3 is 2.37 bits per heavy atom. The zero-order valence-electron chi connectivity index (χ0n) is 19.5. The first-order chi connectivity index (χ1) is 17.8. The van der Waals surface area contributed by atoms with Crippen LogP contribution in [-0.2, 0) is 27.5 Å². The van der Waals surface area contributed by atoms with Crippen LogP contribution >= 0.6 is 11.6 Å². The molecule has 0 bridgehead atoms. The van der Waals surface area contributed by atoms with Gasteiger partial charge >= 0.3 is 6.18 Å². The Hall–Kier alpha value is -3.23. The van der Waals surface area contributed by atoms with Gasteiger partial charge in [0.2, 0.25) is 21.8 Å². The van der Waals surface area contributed by atoms with Gasteiger partial charge in [0, 0.05) is 41.5 Å². The topological polar surface area (TPSA) is 105 Å². The average molecular weight is 576 g/mol. The standard InChI is InChI=1S/C23H19ClF5N5O3S/c1-12-17(25)7-20(34(12)38(36,37)16-4-2-15(24)3-5-16)21(35)31-8-13-6-19(30-11-18(13)26)14-9-32-22(33-10-14)23(27,28)29/h2-6,9-12,17,20H,7-8H2,1H3,(H,31,35)/t12-,17+,20-/m0/s1. The van der Waals surface area contributed by atoms with Gasteiger partial charge in [-0.2, -0.15) is 17.5 Å². The number of sulfonamides is 1. The first kappa shape index (κ1) is 27.8. The van der Waals surface area contributed by atoms with Crippen LogP contribution in [-0.4, -0.2) is 51.8 Å². The minimum atomic E-state index is -4.74. The van der Waals surface area contributed by atoms with Crippen molar-refractivity contribution in [3.63, 3.8) is 0 Å². The number of hydrogen-bond donors (Lipinski definition) is 1. The first-order valence-corrected chi connectivity index (χ1v) is 12.9. The summed E-state index contributed by atoms with van der Waals surface area (Å²) in [7, 11) is -4.28. The number of amides is 1. The number of nitrogens with zero attached hydrogens (tertiary/aromatic N) is 4. The molecule has 202 valence electrons. The molecule has 0 spiro atoms. The van der Waals surface area contributed by atoms with E-state index in [1.54, 1.807) is 0 Å². The molecule has 0 saturated carbocycles. The lowest BCUT2D eigenvalue weighted by Crippen LogP contribution is -2.48. The molecule has 2 aromatic heterocycles. The predicted molar refractivity (Wildman–Crippen MR) is 125 cm³/mol. The number of pyridine rings is 1. The van der Waals surface area contributed by atoms with E-state index in [9.17, 15) is 35.2 Å². The minimum Gasteiger partial charge on any atom is -0.351 e. The maximum absolute atomic E-state index is 14.6. The highest BCUT2D eigenvalue weighted by atomic mass is 35.5. The molecule has 0 radical (unpaired) electrons. The number of nitrogens with one attached hydrogen (secondary N) is 1. The Morgan fingerprint density at radius 2 is 1.76 bits per heavy atom. The van der Waals surface area contributed by atoms with Crippen LogP contribution in [0.2, 0.25) is 5.02 Å². The van der Waals surface area contributed by atoms with Crippen LogP contribution in [0.1, 0.15) is 24.7 Å². The molecule has 38 heavy (non-hydrogen) atoms. The molecule has 4 rings (SSSR count). The number of benzene rings is 1. The summed E-state index contributed by atoms with van der Waals surface area (Å²) in [5.74, 6) is -3.05. The molecule has 1 fully saturated rings. The number of rotatable bonds is 6. The summed E-state index contributed by atoms with van der Waals surface area (Å²) in [6.45, 7) is 0.907. The zero-order chi connectivity index (χ0) is 27.8. The summed E-state index contributed by atoms with van der Waals surface area (Å²) in [4.78, 5) is 23.1. The van der Waals surface area contributed by atoms with Gasteiger partial charge in [-0.1, -0.05) is 11.6 Å². The number of carbonyl (C=O) groups excluding carboxylic acids is 1. The smallest absolute Gasteiger partial charge is 0.351 e. The lowest BCUT2D eigenvalue weighted by molar-refractivity contribution is -0.145. The molecule has 3 heterocycles. The normalized spacial score (nSPS) is 20.4. The number of aromatic nitrogens is 3. The van der Waals surface area contributed by atoms with Gasteiger partial charge in [-0.25, -0.2) is 27.2 Å². The van der Waals surface area contributed by atoms with Gasteiger partial charge in [0.05, 0.1) is 22.8 Å². The highest BCUT2D eigenvalue weighted by Crippen LogP contribution is 2.33. The van der Waals surface area contributed by atoms with E-state index in [0.29, 0.717) is 0 Å². The largest absolute Gasteiger partial charge is 0.451 e. The van der Waals surface area contributed by atoms with Crippen molar-refractivity contribution in [1.82, 2.24) is 24.6 Å². The first-order valence-electron chi connectivity index (χ1n) is 11.0. The quantitative estimate of drug-likeness (QED) is 0.443. The molecule has 8 nitrogen and oxygen atoms in total. The molecule has 1 aliphatic heterocycles. The van der Waals surface area contributed by atoms with E-state index >= 15 is 0 Å². The molecule has 0 aliphatic carbocycles. The third-order valence-electron chi connectivity index (χ3n) is 5.96. The van der Waals surface area contributed by atoms with Gasteiger partial charge in [-0.15, -0.1) is 0 Å². The van der Waals surface area contributed by atoms with Crippen LogP contribution in [0.3, 0.4) is 0 Å². The average Bonchev–Trinajstić information content (AvgIpc) is 3.18. The Morgan fingerprint density at radius 1 is 1.13 bits per heavy atom. The van der Waals surface area contributed by atoms with E-state index in [-0.39, 0.29) is 26.7 Å². The van der Waals surface area contributed by atoms with E-state index in [2.05, 4.69) is 20.3 Å². The van der Waals surface area contributed by atoms with Crippen molar-refractivity contribution in [1.29, 1.82) is 0 Å². The van der Waals surface area contributed by atoms with E-state index in [4.69, 9.17) is 11.6 Å². The number of alkyl halides is 4. The Balaban J connectivity index is 1.53. The monoisotopic (exact) mass is 575 g/mol. The van der Waals surface area contributed by atoms with Crippen molar-refractivity contribution in [2.45, 2.75) is 49.2 Å². The van der Waals surface area contributed by atoms with Gasteiger partial charge in [-0.05, 0) is 37.3 Å². The molecule has 1 saturated heterocycles. The molecule has 1 amide bonds. The van der Waals surface area contributed by atoms with E-state index < -0.39 is 65.0 Å². The van der Waals surface area contributed by atoms with Gasteiger partial charge < -0.3 is 5.32 Å². The summed E-state index contributed by atoms with van der Waals surface area (Å²) in [6.07, 6.45) is -4.22. The highest BCUT2D eigenvalue weighted by Gasteiger charge is 2.49. The fourth-order valence-electron chi connectivity index (χ4n) is 3.98. The zero-order valence-corrected chi connectivity index (χ0v) is 21.0. The highest BCUT2D eigenvalue weighted by molar-refractivity contribution is 7.89. The van der Waals surface area contributed by atoms with Crippen molar-refractivity contribution in [2.75, 3.05) is 0 Å². The van der Waals surface area contributed by atoms with Crippen LogP contribution < -0.4 is 5.32 Å². The molecule has 0 unspecified atom stereocenters. The summed E-state index contributed by atoms with van der Waals surface area (Å²) in [6, 6.07) is 3.81. The molecule has 1 aromatic carbocycles. The van der Waals surface area contributed by atoms with Crippen LogP contribution in [0.4, 0.5) is 22.0 Å². The third-order valence-corrected chi connectivity index (χ3v) is 8.22. The van der Waals surface area contributed by atoms with Gasteiger partial charge in [-0.3, -0.25) is 9.78 Å². The fourth-order valence-corrected chi connectivity index (χ4v) is 5.91. The van der Waals surface area contributed by atoms with Gasteiger partial charge in [0.25, 0.3) is 0 Å². The number of hydrogen-bond acceptors (Lipinski definition) is 6. The molecule has 3 atom stereocenters. The Bertz CT molecular complexity index is 1440. The van der Waals surface area contributed by atoms with E-state index in [1.165, 1.54) is 37.3 Å². The molecule has 15 heteroatoms. The van der Waals surface area contributed by atoms with Crippen LogP contribution in [0.25, 0.3) is 11.3 Å². The molecular formula is C23H19ClF5N5O3S. The predicted octanol–water partition coefficient (Wildman–Crippen LogP) is 4.16. The summed E-state index contributed by atoms with van der Waals surface area (Å²) < 4.78 is 94.3. The molecule has 1 N–H and O–H groups in total. The second-order valence-electron chi connectivity index (χ2n) is 8.47. The van der Waals surface area contributed by atoms with Gasteiger partial charge in [0.15, 0.2) is 0 Å². The lowest BCUT2D eigenvalue weighted by Gasteiger charge is -2.27. The SMILES string of the molecule is C[C@H]1[C@H](F)C[C@@H](C(=O)NCc2cc(-c3cnc(C(F)(F)F)nc3)ncc2F)N1S(=O)(=O)c1ccc(Cl)cc1. The lowest BCUT2D eigenvalue weighted by atomic mass is 10.1. The van der Waals surface area contributed by atoms with Crippen LogP contribution in [0, 0.1) is 5.82 Å². The third kappa shape index (κ3) is 5.61. The fraction of sp³-hybridized carbons (Fsp3) is 0.304. The Kier molecular flexibility index (Phi) is 7.68. The summed E-state index contributed by atoms with van der Waals surface area (Å²) in [5.41, 5.74) is 0.00326. The number of carbonyl (C=O) groups is 1. The second kappa shape index (κ2) is 10.5. The second-order valence-corrected chi connectivity index (χ2v) is 10.7. The molecule has 1 aliphatic rings. The van der Waals surface area contributed by atoms with Crippen molar-refractivity contribution in [3.05, 3.63) is 71.2 Å². The molecule has 3 aromatic rings. The summed E-state index contributed by atoms with van der Waals surface area (Å²) in [5, 5.41) is 2.70. The maximum Gasteiger partial charge on any atom is 0.451 e. The van der Waals surface area contributed by atoms with Crippen molar-refractivity contribution >= 4 is 27.5 Å². The van der Waals surface area contributed by atoms with Crippen molar-refractivity contribution in [3.8, 4) is 11.3 Å². The number of halogens is 6. The minimum absolute atomic E-state index is 0.0367. The van der Waals surface area contributed by atoms with Crippen LogP contribution in [0.15, 0.2) is 53.8 Å². The maximum atomic E-state index is 14.6. The Labute approximate surface area is 218 Å². The van der Waals surface area contributed by atoms with E-state index in [0.717, 1.165) is 22.9 Å². The molecular weight excluding hydrogens is 557 g/mol. The van der Waals surface area contributed by atoms with Gasteiger partial charge in [0.1, 0.15) is 18.0 Å². The van der Waals surface area contributed by atoms with Crippen molar-refractivity contribution in [2.24, 2.45) is 0 Å². The van der Waals surface area contributed by atoms with E-state index in [1.807, 2.05) is 0 Å².